The van der Waals surface area contributed by atoms with Crippen LogP contribution in [-0.2, 0) is 9.59 Å². The maximum Gasteiger partial charge on any atom is 0.315 e. The first-order chi connectivity index (χ1) is 9.99. The van der Waals surface area contributed by atoms with E-state index in [4.69, 9.17) is 5.11 Å². The van der Waals surface area contributed by atoms with E-state index in [9.17, 15) is 14.4 Å². The first kappa shape index (κ1) is 17.3. The van der Waals surface area contributed by atoms with Gasteiger partial charge in [-0.1, -0.05) is 6.42 Å². The molecule has 1 aliphatic rings. The first-order valence-corrected chi connectivity index (χ1v) is 7.54. The van der Waals surface area contributed by atoms with Crippen molar-refractivity contribution in [2.45, 2.75) is 45.6 Å². The molecular formula is C14H25N3O4. The third kappa shape index (κ3) is 5.24. The van der Waals surface area contributed by atoms with Gasteiger partial charge in [0.25, 0.3) is 0 Å². The summed E-state index contributed by atoms with van der Waals surface area (Å²) >= 11 is 0. The summed E-state index contributed by atoms with van der Waals surface area (Å²) in [6, 6.07) is -0.721. The fraction of sp³-hybridized carbons (Fsp3) is 0.786. The van der Waals surface area contributed by atoms with Crippen molar-refractivity contribution in [2.75, 3.05) is 19.6 Å². The molecule has 120 valence electrons. The van der Waals surface area contributed by atoms with Gasteiger partial charge in [0.1, 0.15) is 0 Å². The molecule has 1 rings (SSSR count). The summed E-state index contributed by atoms with van der Waals surface area (Å²) in [5.74, 6) is -1.37. The van der Waals surface area contributed by atoms with E-state index < -0.39 is 17.9 Å². The smallest absolute Gasteiger partial charge is 0.315 e. The maximum absolute atomic E-state index is 11.7. The van der Waals surface area contributed by atoms with Crippen LogP contribution in [0.5, 0.6) is 0 Å². The Morgan fingerprint density at radius 1 is 1.19 bits per heavy atom. The van der Waals surface area contributed by atoms with E-state index in [-0.39, 0.29) is 24.9 Å². The Kier molecular flexibility index (Phi) is 6.98. The number of hydrogen-bond donors (Lipinski definition) is 3. The van der Waals surface area contributed by atoms with Crippen molar-refractivity contribution in [1.29, 1.82) is 0 Å². The molecular weight excluding hydrogens is 274 g/mol. The summed E-state index contributed by atoms with van der Waals surface area (Å²) in [6.07, 6.45) is 2.34. The normalized spacial score (nSPS) is 20.9. The molecule has 0 heterocycles. The number of carbonyl (C=O) groups excluding carboxylic acids is 2. The number of hydrogen-bond acceptors (Lipinski definition) is 3. The minimum atomic E-state index is -0.866. The van der Waals surface area contributed by atoms with Crippen LogP contribution in [0.15, 0.2) is 0 Å². The Labute approximate surface area is 125 Å². The summed E-state index contributed by atoms with van der Waals surface area (Å²) < 4.78 is 0. The monoisotopic (exact) mass is 299 g/mol. The molecule has 0 aromatic heterocycles. The standard InChI is InChI=1S/C14H25N3O4/c1-3-17(4-2)12(18)8-9-15-14(21)16-11-7-5-6-10(11)13(19)20/h10-11H,3-9H2,1-2H3,(H,19,20)(H2,15,16,21). The highest BCUT2D eigenvalue weighted by molar-refractivity contribution is 5.79. The average molecular weight is 299 g/mol. The van der Waals surface area contributed by atoms with Gasteiger partial charge in [-0.3, -0.25) is 9.59 Å². The molecule has 1 fully saturated rings. The Bertz CT molecular complexity index is 382. The van der Waals surface area contributed by atoms with E-state index in [2.05, 4.69) is 10.6 Å². The van der Waals surface area contributed by atoms with Crippen molar-refractivity contribution in [1.82, 2.24) is 15.5 Å². The van der Waals surface area contributed by atoms with Gasteiger partial charge in [-0.05, 0) is 26.7 Å². The zero-order valence-corrected chi connectivity index (χ0v) is 12.7. The second-order valence-corrected chi connectivity index (χ2v) is 5.20. The summed E-state index contributed by atoms with van der Waals surface area (Å²) in [5, 5.41) is 14.3. The maximum atomic E-state index is 11.7. The molecule has 1 aliphatic carbocycles. The molecule has 3 N–H and O–H groups in total. The summed E-state index contributed by atoms with van der Waals surface area (Å²) in [5.41, 5.74) is 0. The summed E-state index contributed by atoms with van der Waals surface area (Å²) in [6.45, 7) is 5.39. The third-order valence-electron chi connectivity index (χ3n) is 3.89. The fourth-order valence-corrected chi connectivity index (χ4v) is 2.67. The lowest BCUT2D eigenvalue weighted by Crippen LogP contribution is -2.46. The van der Waals surface area contributed by atoms with Crippen molar-refractivity contribution in [2.24, 2.45) is 5.92 Å². The lowest BCUT2D eigenvalue weighted by Gasteiger charge is -2.20. The van der Waals surface area contributed by atoms with Gasteiger partial charge in [-0.25, -0.2) is 4.79 Å². The number of urea groups is 1. The second-order valence-electron chi connectivity index (χ2n) is 5.20. The van der Waals surface area contributed by atoms with E-state index in [1.807, 2.05) is 13.8 Å². The van der Waals surface area contributed by atoms with Gasteiger partial charge in [-0.2, -0.15) is 0 Å². The largest absolute Gasteiger partial charge is 0.481 e. The fourth-order valence-electron chi connectivity index (χ4n) is 2.67. The van der Waals surface area contributed by atoms with Gasteiger partial charge in [0.2, 0.25) is 5.91 Å². The number of rotatable bonds is 7. The van der Waals surface area contributed by atoms with Gasteiger partial charge in [0.05, 0.1) is 5.92 Å². The second kappa shape index (κ2) is 8.49. The first-order valence-electron chi connectivity index (χ1n) is 7.54. The molecule has 0 aromatic rings. The van der Waals surface area contributed by atoms with Crippen molar-refractivity contribution >= 4 is 17.9 Å². The molecule has 7 nitrogen and oxygen atoms in total. The Morgan fingerprint density at radius 3 is 2.43 bits per heavy atom. The third-order valence-corrected chi connectivity index (χ3v) is 3.89. The molecule has 7 heteroatoms. The van der Waals surface area contributed by atoms with Gasteiger partial charge < -0.3 is 20.6 Å². The number of nitrogens with zero attached hydrogens (tertiary/aromatic N) is 1. The van der Waals surface area contributed by atoms with Crippen LogP contribution in [0.25, 0.3) is 0 Å². The Balaban J connectivity index is 2.28. The van der Waals surface area contributed by atoms with Crippen LogP contribution < -0.4 is 10.6 Å². The van der Waals surface area contributed by atoms with Crippen LogP contribution in [0.4, 0.5) is 4.79 Å². The molecule has 0 aliphatic heterocycles. The van der Waals surface area contributed by atoms with E-state index in [1.54, 1.807) is 4.90 Å². The lowest BCUT2D eigenvalue weighted by molar-refractivity contribution is -0.142. The quantitative estimate of drug-likeness (QED) is 0.647. The van der Waals surface area contributed by atoms with E-state index in [1.165, 1.54) is 0 Å². The number of carboxylic acid groups (broad SMARTS) is 1. The van der Waals surface area contributed by atoms with Crippen LogP contribution in [0.3, 0.4) is 0 Å². The molecule has 1 saturated carbocycles. The Hall–Kier alpha value is -1.79. The van der Waals surface area contributed by atoms with E-state index >= 15 is 0 Å². The molecule has 0 spiro atoms. The number of nitrogens with one attached hydrogen (secondary N) is 2. The number of amides is 3. The van der Waals surface area contributed by atoms with Crippen LogP contribution in [0.2, 0.25) is 0 Å². The van der Waals surface area contributed by atoms with Gasteiger partial charge in [-0.15, -0.1) is 0 Å². The van der Waals surface area contributed by atoms with Crippen molar-refractivity contribution < 1.29 is 19.5 Å². The van der Waals surface area contributed by atoms with Crippen LogP contribution in [0.1, 0.15) is 39.5 Å². The molecule has 3 amide bonds. The summed E-state index contributed by atoms with van der Waals surface area (Å²) in [4.78, 5) is 36.2. The SMILES string of the molecule is CCN(CC)C(=O)CCNC(=O)NC1CCCC1C(=O)O. The molecule has 0 bridgehead atoms. The Morgan fingerprint density at radius 2 is 1.86 bits per heavy atom. The topological polar surface area (TPSA) is 98.7 Å². The number of aliphatic carboxylic acids is 1. The summed E-state index contributed by atoms with van der Waals surface area (Å²) in [7, 11) is 0. The molecule has 2 unspecified atom stereocenters. The zero-order valence-electron chi connectivity index (χ0n) is 12.7. The lowest BCUT2D eigenvalue weighted by atomic mass is 10.0. The highest BCUT2D eigenvalue weighted by Crippen LogP contribution is 2.25. The number of carbonyl (C=O) groups is 3. The average Bonchev–Trinajstić information content (AvgIpc) is 2.88. The highest BCUT2D eigenvalue weighted by Gasteiger charge is 2.33. The van der Waals surface area contributed by atoms with Gasteiger partial charge in [0, 0.05) is 32.1 Å². The molecule has 0 saturated heterocycles. The predicted octanol–water partition coefficient (Wildman–Crippen LogP) is 0.797. The minimum absolute atomic E-state index is 0.00424. The van der Waals surface area contributed by atoms with E-state index in [0.717, 1.165) is 6.42 Å². The van der Waals surface area contributed by atoms with E-state index in [0.29, 0.717) is 25.9 Å². The van der Waals surface area contributed by atoms with Crippen LogP contribution in [-0.4, -0.2) is 53.6 Å². The molecule has 2 atom stereocenters. The molecule has 0 radical (unpaired) electrons. The van der Waals surface area contributed by atoms with Gasteiger partial charge >= 0.3 is 12.0 Å². The van der Waals surface area contributed by atoms with Gasteiger partial charge in [0.15, 0.2) is 0 Å². The van der Waals surface area contributed by atoms with Crippen LogP contribution in [0, 0.1) is 5.92 Å². The van der Waals surface area contributed by atoms with Crippen molar-refractivity contribution in [3.63, 3.8) is 0 Å². The molecule has 0 aromatic carbocycles. The zero-order chi connectivity index (χ0) is 15.8. The minimum Gasteiger partial charge on any atom is -0.481 e. The van der Waals surface area contributed by atoms with Crippen molar-refractivity contribution in [3.05, 3.63) is 0 Å². The van der Waals surface area contributed by atoms with Crippen molar-refractivity contribution in [3.8, 4) is 0 Å². The number of carboxylic acids is 1. The molecule has 21 heavy (non-hydrogen) atoms. The highest BCUT2D eigenvalue weighted by atomic mass is 16.4. The predicted molar refractivity (Wildman–Crippen MR) is 77.8 cm³/mol. The van der Waals surface area contributed by atoms with Crippen LogP contribution >= 0.6 is 0 Å².